The first-order valence-corrected chi connectivity index (χ1v) is 6.22. The smallest absolute Gasteiger partial charge is 0.214 e. The van der Waals surface area contributed by atoms with E-state index in [0.717, 1.165) is 12.4 Å². The summed E-state index contributed by atoms with van der Waals surface area (Å²) in [5.41, 5.74) is 0. The van der Waals surface area contributed by atoms with E-state index in [-0.39, 0.29) is 0 Å². The average molecular weight is 241 g/mol. The average Bonchev–Trinajstić information content (AvgIpc) is 2.26. The van der Waals surface area contributed by atoms with E-state index in [0.29, 0.717) is 17.8 Å². The Morgan fingerprint density at radius 2 is 2.31 bits per heavy atom. The Labute approximate surface area is 101 Å². The van der Waals surface area contributed by atoms with E-state index in [1.807, 2.05) is 18.2 Å². The molecule has 1 saturated carbocycles. The molecule has 0 atom stereocenters. The predicted molar refractivity (Wildman–Crippen MR) is 66.5 cm³/mol. The van der Waals surface area contributed by atoms with Gasteiger partial charge in [-0.15, -0.1) is 11.6 Å². The molecular formula is C12H17ClN2O. The van der Waals surface area contributed by atoms with E-state index in [1.165, 1.54) is 19.3 Å². The van der Waals surface area contributed by atoms with Crippen LogP contribution in [0, 0.1) is 0 Å². The number of methoxy groups -OCH3 is 1. The van der Waals surface area contributed by atoms with Crippen molar-refractivity contribution >= 4 is 17.4 Å². The van der Waals surface area contributed by atoms with E-state index in [4.69, 9.17) is 16.3 Å². The van der Waals surface area contributed by atoms with Crippen LogP contribution in [0.5, 0.6) is 5.88 Å². The molecule has 3 nitrogen and oxygen atoms in total. The number of alkyl halides is 1. The molecule has 1 aromatic heterocycles. The first kappa shape index (κ1) is 11.5. The highest BCUT2D eigenvalue weighted by Gasteiger charge is 2.25. The quantitative estimate of drug-likeness (QED) is 0.740. The fourth-order valence-corrected chi connectivity index (χ4v) is 2.13. The van der Waals surface area contributed by atoms with Crippen molar-refractivity contribution < 1.29 is 4.74 Å². The zero-order valence-electron chi connectivity index (χ0n) is 9.53. The molecule has 0 bridgehead atoms. The van der Waals surface area contributed by atoms with Crippen molar-refractivity contribution in [2.24, 2.45) is 0 Å². The minimum Gasteiger partial charge on any atom is -0.481 e. The van der Waals surface area contributed by atoms with Crippen LogP contribution in [0.15, 0.2) is 18.2 Å². The van der Waals surface area contributed by atoms with Crippen molar-refractivity contribution in [1.82, 2.24) is 4.98 Å². The largest absolute Gasteiger partial charge is 0.481 e. The maximum atomic E-state index is 5.84. The second-order valence-electron chi connectivity index (χ2n) is 4.01. The molecule has 0 radical (unpaired) electrons. The topological polar surface area (TPSA) is 25.4 Å². The third-order valence-electron chi connectivity index (χ3n) is 3.05. The summed E-state index contributed by atoms with van der Waals surface area (Å²) in [7, 11) is 1.64. The maximum absolute atomic E-state index is 5.84. The van der Waals surface area contributed by atoms with Gasteiger partial charge in [0.25, 0.3) is 0 Å². The number of halogens is 1. The number of hydrogen-bond donors (Lipinski definition) is 0. The van der Waals surface area contributed by atoms with Crippen molar-refractivity contribution in [3.8, 4) is 5.88 Å². The van der Waals surface area contributed by atoms with Gasteiger partial charge < -0.3 is 9.64 Å². The summed E-state index contributed by atoms with van der Waals surface area (Å²) in [5, 5.41) is 0. The van der Waals surface area contributed by atoms with Crippen molar-refractivity contribution in [3.05, 3.63) is 18.2 Å². The van der Waals surface area contributed by atoms with Crippen LogP contribution >= 0.6 is 11.6 Å². The lowest BCUT2D eigenvalue weighted by atomic mass is 9.91. The SMILES string of the molecule is COc1cccc(N(CCCl)C2CCC2)n1. The lowest BCUT2D eigenvalue weighted by molar-refractivity contribution is 0.380. The lowest BCUT2D eigenvalue weighted by Crippen LogP contribution is -2.41. The van der Waals surface area contributed by atoms with Crippen LogP contribution in [0.1, 0.15) is 19.3 Å². The van der Waals surface area contributed by atoms with Crippen molar-refractivity contribution in [3.63, 3.8) is 0 Å². The summed E-state index contributed by atoms with van der Waals surface area (Å²) >= 11 is 5.84. The summed E-state index contributed by atoms with van der Waals surface area (Å²) in [6, 6.07) is 6.47. The van der Waals surface area contributed by atoms with Crippen LogP contribution in [0.3, 0.4) is 0 Å². The van der Waals surface area contributed by atoms with E-state index in [1.54, 1.807) is 7.11 Å². The number of ether oxygens (including phenoxy) is 1. The first-order valence-electron chi connectivity index (χ1n) is 5.69. The molecule has 88 valence electrons. The minimum atomic E-state index is 0.610. The van der Waals surface area contributed by atoms with Gasteiger partial charge in [0.05, 0.1) is 7.11 Å². The Hall–Kier alpha value is -0.960. The van der Waals surface area contributed by atoms with Gasteiger partial charge in [0.1, 0.15) is 5.82 Å². The van der Waals surface area contributed by atoms with Crippen LogP contribution in [0.4, 0.5) is 5.82 Å². The Bertz CT molecular complexity index is 342. The fraction of sp³-hybridized carbons (Fsp3) is 0.583. The van der Waals surface area contributed by atoms with Crippen molar-refractivity contribution in [2.75, 3.05) is 24.4 Å². The molecule has 0 N–H and O–H groups in total. The lowest BCUT2D eigenvalue weighted by Gasteiger charge is -2.38. The number of aromatic nitrogens is 1. The van der Waals surface area contributed by atoms with Gasteiger partial charge in [0, 0.05) is 24.5 Å². The monoisotopic (exact) mass is 240 g/mol. The Morgan fingerprint density at radius 1 is 1.50 bits per heavy atom. The number of nitrogens with zero attached hydrogens (tertiary/aromatic N) is 2. The second kappa shape index (κ2) is 5.39. The van der Waals surface area contributed by atoms with Crippen molar-refractivity contribution in [2.45, 2.75) is 25.3 Å². The molecule has 2 rings (SSSR count). The molecule has 0 unspecified atom stereocenters. The van der Waals surface area contributed by atoms with Crippen LogP contribution in [0.2, 0.25) is 0 Å². The summed E-state index contributed by atoms with van der Waals surface area (Å²) < 4.78 is 5.14. The molecule has 0 amide bonds. The van der Waals surface area contributed by atoms with Crippen LogP contribution in [-0.4, -0.2) is 30.6 Å². The Morgan fingerprint density at radius 3 is 2.88 bits per heavy atom. The summed E-state index contributed by atoms with van der Waals surface area (Å²) in [6.07, 6.45) is 3.80. The number of pyridine rings is 1. The zero-order chi connectivity index (χ0) is 11.4. The van der Waals surface area contributed by atoms with Crippen molar-refractivity contribution in [1.29, 1.82) is 0 Å². The normalized spacial score (nSPS) is 15.6. The van der Waals surface area contributed by atoms with Crippen LogP contribution in [0.25, 0.3) is 0 Å². The highest BCUT2D eigenvalue weighted by atomic mass is 35.5. The first-order chi connectivity index (χ1) is 7.85. The summed E-state index contributed by atoms with van der Waals surface area (Å²) in [4.78, 5) is 6.75. The van der Waals surface area contributed by atoms with Gasteiger partial charge in [-0.3, -0.25) is 0 Å². The standard InChI is InChI=1S/C12H17ClN2O/c1-16-12-7-3-6-11(14-12)15(9-8-13)10-4-2-5-10/h3,6-7,10H,2,4-5,8-9H2,1H3. The summed E-state index contributed by atoms with van der Waals surface area (Å²) in [6.45, 7) is 0.854. The second-order valence-corrected chi connectivity index (χ2v) is 4.38. The number of hydrogen-bond acceptors (Lipinski definition) is 3. The van der Waals surface area contributed by atoms with Gasteiger partial charge in [-0.25, -0.2) is 0 Å². The van der Waals surface area contributed by atoms with Gasteiger partial charge >= 0.3 is 0 Å². The molecular weight excluding hydrogens is 224 g/mol. The molecule has 0 aromatic carbocycles. The predicted octanol–water partition coefficient (Wildman–Crippen LogP) is 2.69. The molecule has 1 aliphatic carbocycles. The molecule has 1 heterocycles. The molecule has 1 aromatic rings. The van der Waals surface area contributed by atoms with Gasteiger partial charge in [0.15, 0.2) is 0 Å². The number of rotatable bonds is 5. The van der Waals surface area contributed by atoms with Crippen LogP contribution in [-0.2, 0) is 0 Å². The molecule has 0 aliphatic heterocycles. The zero-order valence-corrected chi connectivity index (χ0v) is 10.3. The van der Waals surface area contributed by atoms with E-state index in [9.17, 15) is 0 Å². The third-order valence-corrected chi connectivity index (χ3v) is 3.22. The summed E-state index contributed by atoms with van der Waals surface area (Å²) in [5.74, 6) is 2.27. The molecule has 1 fully saturated rings. The Balaban J connectivity index is 2.16. The van der Waals surface area contributed by atoms with E-state index in [2.05, 4.69) is 9.88 Å². The molecule has 0 spiro atoms. The van der Waals surface area contributed by atoms with Crippen LogP contribution < -0.4 is 9.64 Å². The van der Waals surface area contributed by atoms with E-state index >= 15 is 0 Å². The van der Waals surface area contributed by atoms with Gasteiger partial charge in [0.2, 0.25) is 5.88 Å². The van der Waals surface area contributed by atoms with E-state index < -0.39 is 0 Å². The molecule has 1 aliphatic rings. The highest BCUT2D eigenvalue weighted by Crippen LogP contribution is 2.29. The minimum absolute atomic E-state index is 0.610. The molecule has 0 saturated heterocycles. The molecule has 4 heteroatoms. The van der Waals surface area contributed by atoms with Gasteiger partial charge in [-0.2, -0.15) is 4.98 Å². The molecule has 16 heavy (non-hydrogen) atoms. The van der Waals surface area contributed by atoms with Gasteiger partial charge in [-0.1, -0.05) is 6.07 Å². The van der Waals surface area contributed by atoms with Gasteiger partial charge in [-0.05, 0) is 25.3 Å². The third kappa shape index (κ3) is 2.40. The maximum Gasteiger partial charge on any atom is 0.214 e. The number of anilines is 1. The highest BCUT2D eigenvalue weighted by molar-refractivity contribution is 6.18. The fourth-order valence-electron chi connectivity index (χ4n) is 1.95. The Kier molecular flexibility index (Phi) is 3.88.